The zero-order valence-electron chi connectivity index (χ0n) is 14.3. The van der Waals surface area contributed by atoms with E-state index in [2.05, 4.69) is 0 Å². The van der Waals surface area contributed by atoms with Crippen molar-refractivity contribution in [3.05, 3.63) is 29.8 Å². The summed E-state index contributed by atoms with van der Waals surface area (Å²) in [7, 11) is 0. The van der Waals surface area contributed by atoms with Crippen molar-refractivity contribution in [3.63, 3.8) is 0 Å². The SMILES string of the molecule is CC(=O)c1ccc(OCCCC(=O)N2CCSCC2CC(=O)O)cc1. The van der Waals surface area contributed by atoms with Gasteiger partial charge in [0, 0.05) is 30.0 Å². The molecule has 0 bridgehead atoms. The minimum absolute atomic E-state index is 0.00224. The Labute approximate surface area is 151 Å². The van der Waals surface area contributed by atoms with Gasteiger partial charge in [-0.1, -0.05) is 0 Å². The van der Waals surface area contributed by atoms with Crippen molar-refractivity contribution in [1.82, 2.24) is 4.90 Å². The van der Waals surface area contributed by atoms with Crippen LogP contribution in [0.4, 0.5) is 0 Å². The van der Waals surface area contributed by atoms with Crippen LogP contribution in [-0.4, -0.2) is 58.4 Å². The monoisotopic (exact) mass is 365 g/mol. The number of hydrogen-bond acceptors (Lipinski definition) is 5. The third-order valence-electron chi connectivity index (χ3n) is 4.02. The van der Waals surface area contributed by atoms with Gasteiger partial charge in [-0.15, -0.1) is 0 Å². The van der Waals surface area contributed by atoms with E-state index in [1.54, 1.807) is 40.9 Å². The minimum atomic E-state index is -0.873. The molecule has 1 fully saturated rings. The van der Waals surface area contributed by atoms with E-state index in [-0.39, 0.29) is 24.2 Å². The average molecular weight is 365 g/mol. The zero-order chi connectivity index (χ0) is 18.2. The normalized spacial score (nSPS) is 17.2. The van der Waals surface area contributed by atoms with Gasteiger partial charge in [0.25, 0.3) is 0 Å². The summed E-state index contributed by atoms with van der Waals surface area (Å²) in [6.07, 6.45) is 0.904. The maximum absolute atomic E-state index is 12.4. The van der Waals surface area contributed by atoms with Crippen molar-refractivity contribution in [2.75, 3.05) is 24.7 Å². The van der Waals surface area contributed by atoms with Crippen LogP contribution in [0.5, 0.6) is 5.75 Å². The minimum Gasteiger partial charge on any atom is -0.494 e. The number of amides is 1. The Bertz CT molecular complexity index is 616. The van der Waals surface area contributed by atoms with Gasteiger partial charge in [-0.25, -0.2) is 0 Å². The number of nitrogens with zero attached hydrogens (tertiary/aromatic N) is 1. The third kappa shape index (κ3) is 6.08. The fourth-order valence-corrected chi connectivity index (χ4v) is 3.76. The molecule has 1 aromatic rings. The maximum Gasteiger partial charge on any atom is 0.305 e. The first-order valence-electron chi connectivity index (χ1n) is 8.30. The summed E-state index contributed by atoms with van der Waals surface area (Å²) in [6.45, 7) is 2.52. The lowest BCUT2D eigenvalue weighted by atomic mass is 10.1. The molecule has 1 aliphatic rings. The summed E-state index contributed by atoms with van der Waals surface area (Å²) in [4.78, 5) is 36.2. The number of rotatable bonds is 8. The van der Waals surface area contributed by atoms with E-state index in [1.165, 1.54) is 6.92 Å². The van der Waals surface area contributed by atoms with E-state index in [9.17, 15) is 14.4 Å². The van der Waals surface area contributed by atoms with Gasteiger partial charge in [-0.2, -0.15) is 11.8 Å². The predicted octanol–water partition coefficient (Wildman–Crippen LogP) is 2.47. The van der Waals surface area contributed by atoms with Gasteiger partial charge in [0.2, 0.25) is 5.91 Å². The molecule has 1 aliphatic heterocycles. The quantitative estimate of drug-likeness (QED) is 0.563. The fraction of sp³-hybridized carbons (Fsp3) is 0.500. The number of Topliss-reactive ketones (excluding diaryl/α,β-unsaturated/α-hetero) is 1. The maximum atomic E-state index is 12.4. The molecule has 1 N–H and O–H groups in total. The molecule has 1 aromatic carbocycles. The van der Waals surface area contributed by atoms with Crippen LogP contribution in [0.2, 0.25) is 0 Å². The number of hydrogen-bond donors (Lipinski definition) is 1. The highest BCUT2D eigenvalue weighted by molar-refractivity contribution is 7.99. The van der Waals surface area contributed by atoms with Gasteiger partial charge in [-0.3, -0.25) is 14.4 Å². The van der Waals surface area contributed by atoms with Crippen LogP contribution in [0.25, 0.3) is 0 Å². The highest BCUT2D eigenvalue weighted by Crippen LogP contribution is 2.20. The topological polar surface area (TPSA) is 83.9 Å². The summed E-state index contributed by atoms with van der Waals surface area (Å²) >= 11 is 1.69. The Morgan fingerprint density at radius 1 is 1.28 bits per heavy atom. The van der Waals surface area contributed by atoms with Crippen molar-refractivity contribution in [2.24, 2.45) is 0 Å². The van der Waals surface area contributed by atoms with Crippen LogP contribution < -0.4 is 4.74 Å². The largest absolute Gasteiger partial charge is 0.494 e. The van der Waals surface area contributed by atoms with Crippen molar-refractivity contribution in [2.45, 2.75) is 32.2 Å². The van der Waals surface area contributed by atoms with Crippen LogP contribution in [-0.2, 0) is 9.59 Å². The third-order valence-corrected chi connectivity index (χ3v) is 5.11. The Morgan fingerprint density at radius 2 is 2.00 bits per heavy atom. The van der Waals surface area contributed by atoms with E-state index in [0.29, 0.717) is 43.1 Å². The molecule has 1 saturated heterocycles. The van der Waals surface area contributed by atoms with Crippen molar-refractivity contribution >= 4 is 29.4 Å². The number of thioether (sulfide) groups is 1. The second-order valence-corrected chi connectivity index (χ2v) is 7.10. The van der Waals surface area contributed by atoms with Crippen LogP contribution in [0.1, 0.15) is 36.5 Å². The molecule has 7 heteroatoms. The summed E-state index contributed by atoms with van der Waals surface area (Å²) in [5.74, 6) is 1.31. The lowest BCUT2D eigenvalue weighted by molar-refractivity contribution is -0.140. The smallest absolute Gasteiger partial charge is 0.305 e. The van der Waals surface area contributed by atoms with Crippen LogP contribution in [0.15, 0.2) is 24.3 Å². The average Bonchev–Trinajstić information content (AvgIpc) is 2.59. The van der Waals surface area contributed by atoms with Gasteiger partial charge < -0.3 is 14.7 Å². The van der Waals surface area contributed by atoms with Crippen LogP contribution >= 0.6 is 11.8 Å². The number of carboxylic acids is 1. The van der Waals surface area contributed by atoms with E-state index >= 15 is 0 Å². The number of carbonyl (C=O) groups is 3. The number of ketones is 1. The highest BCUT2D eigenvalue weighted by Gasteiger charge is 2.28. The molecule has 2 rings (SSSR count). The highest BCUT2D eigenvalue weighted by atomic mass is 32.2. The second-order valence-electron chi connectivity index (χ2n) is 5.95. The molecular formula is C18H23NO5S. The summed E-state index contributed by atoms with van der Waals surface area (Å²) in [6, 6.07) is 6.69. The van der Waals surface area contributed by atoms with Crippen molar-refractivity contribution in [1.29, 1.82) is 0 Å². The molecule has 0 aliphatic carbocycles. The number of benzene rings is 1. The number of aliphatic carboxylic acids is 1. The second kappa shape index (κ2) is 9.46. The number of carboxylic acid groups (broad SMARTS) is 1. The van der Waals surface area contributed by atoms with E-state index in [0.717, 1.165) is 5.75 Å². The summed E-state index contributed by atoms with van der Waals surface area (Å²) in [5, 5.41) is 8.97. The molecule has 1 atom stereocenters. The molecule has 0 saturated carbocycles. The van der Waals surface area contributed by atoms with E-state index in [1.807, 2.05) is 0 Å². The Morgan fingerprint density at radius 3 is 2.64 bits per heavy atom. The molecule has 25 heavy (non-hydrogen) atoms. The van der Waals surface area contributed by atoms with Gasteiger partial charge in [-0.05, 0) is 37.6 Å². The lowest BCUT2D eigenvalue weighted by Gasteiger charge is -2.34. The van der Waals surface area contributed by atoms with Gasteiger partial charge >= 0.3 is 5.97 Å². The first-order chi connectivity index (χ1) is 12.0. The molecular weight excluding hydrogens is 342 g/mol. The number of carbonyl (C=O) groups excluding carboxylic acids is 2. The molecule has 1 unspecified atom stereocenters. The van der Waals surface area contributed by atoms with Crippen LogP contribution in [0.3, 0.4) is 0 Å². The van der Waals surface area contributed by atoms with Gasteiger partial charge in [0.05, 0.1) is 19.1 Å². The first kappa shape index (κ1) is 19.3. The Balaban J connectivity index is 1.75. The van der Waals surface area contributed by atoms with Gasteiger partial charge in [0.15, 0.2) is 5.78 Å². The standard InChI is InChI=1S/C18H23NO5S/c1-13(20)14-4-6-16(7-5-14)24-9-2-3-17(21)19-8-10-25-12-15(19)11-18(22)23/h4-7,15H,2-3,8-12H2,1H3,(H,22,23). The van der Waals surface area contributed by atoms with Crippen molar-refractivity contribution in [3.8, 4) is 5.75 Å². The molecule has 1 heterocycles. The molecule has 136 valence electrons. The molecule has 0 spiro atoms. The van der Waals surface area contributed by atoms with Gasteiger partial charge in [0.1, 0.15) is 5.75 Å². The fourth-order valence-electron chi connectivity index (χ4n) is 2.70. The molecule has 0 radical (unpaired) electrons. The summed E-state index contributed by atoms with van der Waals surface area (Å²) < 4.78 is 5.59. The lowest BCUT2D eigenvalue weighted by Crippen LogP contribution is -2.47. The number of ether oxygens (including phenoxy) is 1. The molecule has 1 amide bonds. The van der Waals surface area contributed by atoms with Crippen molar-refractivity contribution < 1.29 is 24.2 Å². The Hall–Kier alpha value is -2.02. The van der Waals surface area contributed by atoms with E-state index in [4.69, 9.17) is 9.84 Å². The summed E-state index contributed by atoms with van der Waals surface area (Å²) in [5.41, 5.74) is 0.634. The first-order valence-corrected chi connectivity index (χ1v) is 9.45. The zero-order valence-corrected chi connectivity index (χ0v) is 15.1. The molecule has 0 aromatic heterocycles. The van der Waals surface area contributed by atoms with Crippen LogP contribution in [0, 0.1) is 0 Å². The molecule has 6 nitrogen and oxygen atoms in total. The predicted molar refractivity (Wildman–Crippen MR) is 96.3 cm³/mol. The Kier molecular flexibility index (Phi) is 7.31. The van der Waals surface area contributed by atoms with E-state index < -0.39 is 5.97 Å².